The molecular weight excluding hydrogens is 292 g/mol. The van der Waals surface area contributed by atoms with Crippen molar-refractivity contribution >= 4 is 23.3 Å². The fraction of sp³-hybridized carbons (Fsp3) is 0.222. The second-order valence-corrected chi connectivity index (χ2v) is 5.40. The molecular formula is C18H18N2O3. The van der Waals surface area contributed by atoms with Gasteiger partial charge in [-0.1, -0.05) is 42.5 Å². The SMILES string of the molecule is CC(C(=O)OCc1ccccc1)N1C(=O)CNc2ccccc21. The lowest BCUT2D eigenvalue weighted by Crippen LogP contribution is -2.49. The van der Waals surface area contributed by atoms with E-state index in [-0.39, 0.29) is 19.1 Å². The molecule has 1 heterocycles. The molecule has 1 aliphatic rings. The number of carbonyl (C=O) groups is 2. The van der Waals surface area contributed by atoms with Gasteiger partial charge < -0.3 is 10.1 Å². The Kier molecular flexibility index (Phi) is 4.28. The van der Waals surface area contributed by atoms with Crippen molar-refractivity contribution in [2.75, 3.05) is 16.8 Å². The molecule has 0 aromatic heterocycles. The first-order chi connectivity index (χ1) is 11.2. The van der Waals surface area contributed by atoms with Crippen molar-refractivity contribution < 1.29 is 14.3 Å². The molecule has 1 atom stereocenters. The lowest BCUT2D eigenvalue weighted by atomic mass is 10.1. The molecule has 118 valence electrons. The first-order valence-corrected chi connectivity index (χ1v) is 7.52. The number of hydrogen-bond donors (Lipinski definition) is 1. The molecule has 0 saturated carbocycles. The minimum Gasteiger partial charge on any atom is -0.459 e. The minimum atomic E-state index is -0.672. The summed E-state index contributed by atoms with van der Waals surface area (Å²) in [5.74, 6) is -0.563. The molecule has 1 aliphatic heterocycles. The van der Waals surface area contributed by atoms with Crippen molar-refractivity contribution in [1.82, 2.24) is 0 Å². The maximum Gasteiger partial charge on any atom is 0.329 e. The second-order valence-electron chi connectivity index (χ2n) is 5.40. The zero-order valence-electron chi connectivity index (χ0n) is 12.9. The van der Waals surface area contributed by atoms with Crippen LogP contribution in [-0.4, -0.2) is 24.5 Å². The first kappa shape index (κ1) is 15.1. The van der Waals surface area contributed by atoms with E-state index in [1.54, 1.807) is 6.92 Å². The van der Waals surface area contributed by atoms with Crippen LogP contribution in [0.25, 0.3) is 0 Å². The molecule has 0 aliphatic carbocycles. The van der Waals surface area contributed by atoms with Gasteiger partial charge in [-0.05, 0) is 24.6 Å². The van der Waals surface area contributed by atoms with E-state index in [0.29, 0.717) is 5.69 Å². The number of fused-ring (bicyclic) bond motifs is 1. The number of benzene rings is 2. The molecule has 0 radical (unpaired) electrons. The van der Waals surface area contributed by atoms with Gasteiger partial charge in [0.15, 0.2) is 0 Å². The molecule has 0 fully saturated rings. The molecule has 2 aromatic carbocycles. The number of ether oxygens (including phenoxy) is 1. The highest BCUT2D eigenvalue weighted by Crippen LogP contribution is 2.30. The van der Waals surface area contributed by atoms with E-state index in [9.17, 15) is 9.59 Å². The number of nitrogens with zero attached hydrogens (tertiary/aromatic N) is 1. The third-order valence-corrected chi connectivity index (χ3v) is 3.81. The van der Waals surface area contributed by atoms with Gasteiger partial charge in [0.1, 0.15) is 12.6 Å². The van der Waals surface area contributed by atoms with Gasteiger partial charge in [0.25, 0.3) is 0 Å². The highest BCUT2D eigenvalue weighted by Gasteiger charge is 2.32. The Morgan fingerprint density at radius 1 is 1.17 bits per heavy atom. The first-order valence-electron chi connectivity index (χ1n) is 7.52. The van der Waals surface area contributed by atoms with Crippen LogP contribution in [0.15, 0.2) is 54.6 Å². The number of rotatable bonds is 4. The van der Waals surface area contributed by atoms with Crippen molar-refractivity contribution in [1.29, 1.82) is 0 Å². The molecule has 5 heteroatoms. The summed E-state index contributed by atoms with van der Waals surface area (Å²) in [6, 6.07) is 16.2. The van der Waals surface area contributed by atoms with Gasteiger partial charge in [-0.15, -0.1) is 0 Å². The fourth-order valence-corrected chi connectivity index (χ4v) is 2.60. The van der Waals surface area contributed by atoms with E-state index >= 15 is 0 Å². The van der Waals surface area contributed by atoms with E-state index in [2.05, 4.69) is 5.32 Å². The van der Waals surface area contributed by atoms with Crippen LogP contribution < -0.4 is 10.2 Å². The molecule has 0 bridgehead atoms. The smallest absolute Gasteiger partial charge is 0.329 e. The number of hydrogen-bond acceptors (Lipinski definition) is 4. The number of anilines is 2. The molecule has 0 spiro atoms. The average Bonchev–Trinajstić information content (AvgIpc) is 2.60. The van der Waals surface area contributed by atoms with Crippen LogP contribution in [0.3, 0.4) is 0 Å². The van der Waals surface area contributed by atoms with Gasteiger partial charge >= 0.3 is 5.97 Å². The largest absolute Gasteiger partial charge is 0.459 e. The standard InChI is InChI=1S/C18H18N2O3/c1-13(18(22)23-12-14-7-3-2-4-8-14)20-16-10-6-5-9-15(16)19-11-17(20)21/h2-10,13,19H,11-12H2,1H3. The lowest BCUT2D eigenvalue weighted by molar-refractivity contribution is -0.147. The molecule has 5 nitrogen and oxygen atoms in total. The zero-order chi connectivity index (χ0) is 16.2. The van der Waals surface area contributed by atoms with Crippen molar-refractivity contribution in [3.05, 3.63) is 60.2 Å². The van der Waals surface area contributed by atoms with Crippen LogP contribution in [0.1, 0.15) is 12.5 Å². The highest BCUT2D eigenvalue weighted by molar-refractivity contribution is 6.06. The number of amides is 1. The second kappa shape index (κ2) is 6.52. The summed E-state index contributed by atoms with van der Waals surface area (Å²) in [5.41, 5.74) is 2.46. The highest BCUT2D eigenvalue weighted by atomic mass is 16.5. The number of nitrogens with one attached hydrogen (secondary N) is 1. The van der Waals surface area contributed by atoms with Crippen LogP contribution in [0, 0.1) is 0 Å². The zero-order valence-corrected chi connectivity index (χ0v) is 12.9. The van der Waals surface area contributed by atoms with Crippen molar-refractivity contribution in [2.45, 2.75) is 19.6 Å². The average molecular weight is 310 g/mol. The fourth-order valence-electron chi connectivity index (χ4n) is 2.60. The van der Waals surface area contributed by atoms with Gasteiger partial charge in [0.05, 0.1) is 17.9 Å². The minimum absolute atomic E-state index is 0.145. The van der Waals surface area contributed by atoms with Crippen molar-refractivity contribution in [2.24, 2.45) is 0 Å². The monoisotopic (exact) mass is 310 g/mol. The Balaban J connectivity index is 1.73. The topological polar surface area (TPSA) is 58.6 Å². The summed E-state index contributed by atoms with van der Waals surface area (Å²) in [6.07, 6.45) is 0. The normalized spacial score (nSPS) is 14.7. The summed E-state index contributed by atoms with van der Waals surface area (Å²) in [5, 5.41) is 3.05. The summed E-state index contributed by atoms with van der Waals surface area (Å²) < 4.78 is 5.35. The Labute approximate surface area is 134 Å². The van der Waals surface area contributed by atoms with Crippen LogP contribution >= 0.6 is 0 Å². The number of para-hydroxylation sites is 2. The van der Waals surface area contributed by atoms with Gasteiger partial charge in [0, 0.05) is 0 Å². The maximum absolute atomic E-state index is 12.3. The Morgan fingerprint density at radius 3 is 2.65 bits per heavy atom. The molecule has 3 rings (SSSR count). The van der Waals surface area contributed by atoms with E-state index in [1.165, 1.54) is 4.90 Å². The predicted molar refractivity (Wildman–Crippen MR) is 88.1 cm³/mol. The predicted octanol–water partition coefficient (Wildman–Crippen LogP) is 2.58. The van der Waals surface area contributed by atoms with Crippen molar-refractivity contribution in [3.63, 3.8) is 0 Å². The number of carbonyl (C=O) groups excluding carboxylic acids is 2. The molecule has 1 N–H and O–H groups in total. The molecule has 0 saturated heterocycles. The van der Waals surface area contributed by atoms with Crippen LogP contribution in [0.4, 0.5) is 11.4 Å². The van der Waals surface area contributed by atoms with Gasteiger partial charge in [0.2, 0.25) is 5.91 Å². The van der Waals surface area contributed by atoms with Gasteiger partial charge in [-0.25, -0.2) is 4.79 Å². The Hall–Kier alpha value is -2.82. The van der Waals surface area contributed by atoms with Crippen LogP contribution in [0.2, 0.25) is 0 Å². The molecule has 1 amide bonds. The maximum atomic E-state index is 12.3. The quantitative estimate of drug-likeness (QED) is 0.882. The van der Waals surface area contributed by atoms with E-state index in [1.807, 2.05) is 54.6 Å². The summed E-state index contributed by atoms with van der Waals surface area (Å²) in [7, 11) is 0. The summed E-state index contributed by atoms with van der Waals surface area (Å²) in [4.78, 5) is 26.1. The summed E-state index contributed by atoms with van der Waals surface area (Å²) >= 11 is 0. The Morgan fingerprint density at radius 2 is 1.87 bits per heavy atom. The molecule has 2 aromatic rings. The third-order valence-electron chi connectivity index (χ3n) is 3.81. The van der Waals surface area contributed by atoms with Gasteiger partial charge in [-0.3, -0.25) is 9.69 Å². The van der Waals surface area contributed by atoms with Crippen LogP contribution in [0.5, 0.6) is 0 Å². The third kappa shape index (κ3) is 3.18. The van der Waals surface area contributed by atoms with E-state index < -0.39 is 12.0 Å². The van der Waals surface area contributed by atoms with E-state index in [4.69, 9.17) is 4.74 Å². The van der Waals surface area contributed by atoms with E-state index in [0.717, 1.165) is 11.3 Å². The van der Waals surface area contributed by atoms with Crippen LogP contribution in [-0.2, 0) is 20.9 Å². The summed E-state index contributed by atoms with van der Waals surface area (Å²) in [6.45, 7) is 2.06. The molecule has 23 heavy (non-hydrogen) atoms. The Bertz CT molecular complexity index is 715. The lowest BCUT2D eigenvalue weighted by Gasteiger charge is -2.33. The molecule has 1 unspecified atom stereocenters. The van der Waals surface area contributed by atoms with Gasteiger partial charge in [-0.2, -0.15) is 0 Å². The van der Waals surface area contributed by atoms with Crippen molar-refractivity contribution in [3.8, 4) is 0 Å². The number of esters is 1.